The first-order chi connectivity index (χ1) is 13.4. The van der Waals surface area contributed by atoms with Crippen molar-refractivity contribution in [1.82, 2.24) is 15.5 Å². The number of aromatic nitrogens is 2. The minimum absolute atomic E-state index is 0.233. The second-order valence-corrected chi connectivity index (χ2v) is 7.54. The van der Waals surface area contributed by atoms with Crippen LogP contribution in [0.3, 0.4) is 0 Å². The maximum atomic E-state index is 12.6. The van der Waals surface area contributed by atoms with Crippen LogP contribution in [-0.4, -0.2) is 27.7 Å². The standard InChI is InChI=1S/C21H25N5O2/c1-14-11-18(27)25-26-19(14)16-7-5-15(6-8-16)12-17(13-22)24-20(28)21(23)9-3-2-4-10-21/h5-8,11,17H,2-4,9-10,12,23H2,1H3,(H,24,28)(H,25,27)/t17-/m0/s1. The van der Waals surface area contributed by atoms with Gasteiger partial charge in [0.25, 0.3) is 5.56 Å². The fourth-order valence-electron chi connectivity index (χ4n) is 3.66. The second kappa shape index (κ2) is 8.36. The lowest BCUT2D eigenvalue weighted by Gasteiger charge is -2.32. The van der Waals surface area contributed by atoms with Crippen molar-refractivity contribution in [2.75, 3.05) is 0 Å². The van der Waals surface area contributed by atoms with Gasteiger partial charge in [0, 0.05) is 18.1 Å². The number of nitrogens with zero attached hydrogens (tertiary/aromatic N) is 2. The molecule has 0 aliphatic heterocycles. The van der Waals surface area contributed by atoms with Crippen LogP contribution in [0.15, 0.2) is 35.1 Å². The third-order valence-electron chi connectivity index (χ3n) is 5.33. The van der Waals surface area contributed by atoms with Gasteiger partial charge < -0.3 is 11.1 Å². The van der Waals surface area contributed by atoms with E-state index >= 15 is 0 Å². The molecule has 0 saturated heterocycles. The summed E-state index contributed by atoms with van der Waals surface area (Å²) in [5.41, 5.74) is 8.46. The molecule has 7 nitrogen and oxygen atoms in total. The lowest BCUT2D eigenvalue weighted by atomic mass is 9.81. The maximum absolute atomic E-state index is 12.6. The summed E-state index contributed by atoms with van der Waals surface area (Å²) in [6.07, 6.45) is 4.72. The predicted octanol–water partition coefficient (Wildman–Crippen LogP) is 1.96. The van der Waals surface area contributed by atoms with Crippen LogP contribution in [0.2, 0.25) is 0 Å². The number of carbonyl (C=O) groups is 1. The Hall–Kier alpha value is -2.98. The molecular formula is C21H25N5O2. The summed E-state index contributed by atoms with van der Waals surface area (Å²) in [7, 11) is 0. The fraction of sp³-hybridized carbons (Fsp3) is 0.429. The summed E-state index contributed by atoms with van der Waals surface area (Å²) < 4.78 is 0. The van der Waals surface area contributed by atoms with Crippen molar-refractivity contribution in [3.63, 3.8) is 0 Å². The van der Waals surface area contributed by atoms with E-state index in [1.165, 1.54) is 6.07 Å². The van der Waals surface area contributed by atoms with Crippen LogP contribution in [0.4, 0.5) is 0 Å². The van der Waals surface area contributed by atoms with Crippen molar-refractivity contribution in [1.29, 1.82) is 5.26 Å². The zero-order chi connectivity index (χ0) is 20.1. The Morgan fingerprint density at radius 2 is 2.00 bits per heavy atom. The van der Waals surface area contributed by atoms with Gasteiger partial charge in [0.05, 0.1) is 17.3 Å². The third kappa shape index (κ3) is 4.46. The first-order valence-corrected chi connectivity index (χ1v) is 9.56. The lowest BCUT2D eigenvalue weighted by Crippen LogP contribution is -2.57. The molecule has 0 spiro atoms. The molecule has 0 bridgehead atoms. The molecule has 1 aromatic heterocycles. The van der Waals surface area contributed by atoms with Crippen LogP contribution >= 0.6 is 0 Å². The van der Waals surface area contributed by atoms with Gasteiger partial charge in [-0.05, 0) is 30.9 Å². The van der Waals surface area contributed by atoms with E-state index in [4.69, 9.17) is 5.73 Å². The fourth-order valence-corrected chi connectivity index (χ4v) is 3.66. The Kier molecular flexibility index (Phi) is 5.90. The molecule has 28 heavy (non-hydrogen) atoms. The van der Waals surface area contributed by atoms with Crippen molar-refractivity contribution >= 4 is 5.91 Å². The minimum atomic E-state index is -0.857. The normalized spacial score (nSPS) is 16.8. The number of rotatable bonds is 5. The van der Waals surface area contributed by atoms with E-state index in [0.29, 0.717) is 25.0 Å². The van der Waals surface area contributed by atoms with E-state index in [1.54, 1.807) is 0 Å². The SMILES string of the molecule is Cc1cc(=O)[nH]nc1-c1ccc(C[C@@H](C#N)NC(=O)C2(N)CCCCC2)cc1. The number of aryl methyl sites for hydroxylation is 1. The van der Waals surface area contributed by atoms with Crippen LogP contribution in [0.1, 0.15) is 43.2 Å². The number of nitrogens with one attached hydrogen (secondary N) is 2. The third-order valence-corrected chi connectivity index (χ3v) is 5.33. The molecule has 1 heterocycles. The lowest BCUT2D eigenvalue weighted by molar-refractivity contribution is -0.127. The summed E-state index contributed by atoms with van der Waals surface area (Å²) in [5.74, 6) is -0.233. The molecule has 1 atom stereocenters. The Bertz CT molecular complexity index is 937. The van der Waals surface area contributed by atoms with Gasteiger partial charge >= 0.3 is 0 Å². The van der Waals surface area contributed by atoms with Gasteiger partial charge in [-0.15, -0.1) is 0 Å². The Balaban J connectivity index is 1.67. The van der Waals surface area contributed by atoms with Crippen molar-refractivity contribution in [2.45, 2.75) is 57.0 Å². The highest BCUT2D eigenvalue weighted by atomic mass is 16.2. The van der Waals surface area contributed by atoms with Gasteiger partial charge in [-0.3, -0.25) is 9.59 Å². The highest BCUT2D eigenvalue weighted by Crippen LogP contribution is 2.26. The van der Waals surface area contributed by atoms with Crippen LogP contribution < -0.4 is 16.6 Å². The molecule has 0 unspecified atom stereocenters. The highest BCUT2D eigenvalue weighted by molar-refractivity contribution is 5.86. The van der Waals surface area contributed by atoms with Gasteiger partial charge in [0.2, 0.25) is 5.91 Å². The van der Waals surface area contributed by atoms with Crippen LogP contribution in [-0.2, 0) is 11.2 Å². The molecule has 2 aromatic rings. The van der Waals surface area contributed by atoms with Gasteiger partial charge in [-0.2, -0.15) is 10.4 Å². The molecule has 4 N–H and O–H groups in total. The molecular weight excluding hydrogens is 354 g/mol. The number of nitriles is 1. The molecule has 1 saturated carbocycles. The highest BCUT2D eigenvalue weighted by Gasteiger charge is 2.36. The first kappa shape index (κ1) is 19.8. The average Bonchev–Trinajstić information content (AvgIpc) is 2.69. The second-order valence-electron chi connectivity index (χ2n) is 7.54. The summed E-state index contributed by atoms with van der Waals surface area (Å²) >= 11 is 0. The Morgan fingerprint density at radius 3 is 2.61 bits per heavy atom. The van der Waals surface area contributed by atoms with E-state index in [2.05, 4.69) is 21.6 Å². The number of hydrogen-bond acceptors (Lipinski definition) is 5. The Labute approximate surface area is 164 Å². The molecule has 3 rings (SSSR count). The minimum Gasteiger partial charge on any atom is -0.338 e. The van der Waals surface area contributed by atoms with Gasteiger partial charge in [-0.1, -0.05) is 43.5 Å². The van der Waals surface area contributed by atoms with Crippen molar-refractivity contribution in [3.8, 4) is 17.3 Å². The quantitative estimate of drug-likeness (QED) is 0.732. The van der Waals surface area contributed by atoms with E-state index in [9.17, 15) is 14.9 Å². The number of carbonyl (C=O) groups excluding carboxylic acids is 1. The summed E-state index contributed by atoms with van der Waals surface area (Å²) in [6.45, 7) is 1.83. The molecule has 7 heteroatoms. The topological polar surface area (TPSA) is 125 Å². The summed E-state index contributed by atoms with van der Waals surface area (Å²) in [4.78, 5) is 23.9. The van der Waals surface area contributed by atoms with Crippen LogP contribution in [0.5, 0.6) is 0 Å². The number of H-pyrrole nitrogens is 1. The molecule has 146 valence electrons. The maximum Gasteiger partial charge on any atom is 0.264 e. The molecule has 1 fully saturated rings. The smallest absolute Gasteiger partial charge is 0.264 e. The molecule has 1 aliphatic rings. The average molecular weight is 379 g/mol. The van der Waals surface area contributed by atoms with Crippen molar-refractivity contribution in [3.05, 3.63) is 51.8 Å². The number of hydrogen-bond donors (Lipinski definition) is 3. The predicted molar refractivity (Wildman–Crippen MR) is 106 cm³/mol. The molecule has 1 aromatic carbocycles. The monoisotopic (exact) mass is 379 g/mol. The number of nitrogens with two attached hydrogens (primary N) is 1. The van der Waals surface area contributed by atoms with E-state index in [0.717, 1.165) is 36.0 Å². The van der Waals surface area contributed by atoms with Gasteiger partial charge in [0.1, 0.15) is 6.04 Å². The van der Waals surface area contributed by atoms with Crippen molar-refractivity contribution in [2.24, 2.45) is 5.73 Å². The number of amides is 1. The zero-order valence-corrected chi connectivity index (χ0v) is 16.0. The Morgan fingerprint density at radius 1 is 1.32 bits per heavy atom. The zero-order valence-electron chi connectivity index (χ0n) is 16.0. The van der Waals surface area contributed by atoms with Gasteiger partial charge in [0.15, 0.2) is 0 Å². The molecule has 0 radical (unpaired) electrons. The van der Waals surface area contributed by atoms with E-state index in [1.807, 2.05) is 31.2 Å². The first-order valence-electron chi connectivity index (χ1n) is 9.56. The van der Waals surface area contributed by atoms with E-state index in [-0.39, 0.29) is 11.5 Å². The van der Waals surface area contributed by atoms with Gasteiger partial charge in [-0.25, -0.2) is 5.10 Å². The molecule has 1 amide bonds. The summed E-state index contributed by atoms with van der Waals surface area (Å²) in [6, 6.07) is 10.6. The number of benzene rings is 1. The van der Waals surface area contributed by atoms with Crippen molar-refractivity contribution < 1.29 is 4.79 Å². The summed E-state index contributed by atoms with van der Waals surface area (Å²) in [5, 5.41) is 18.8. The largest absolute Gasteiger partial charge is 0.338 e. The van der Waals surface area contributed by atoms with E-state index < -0.39 is 11.6 Å². The van der Waals surface area contributed by atoms with Crippen LogP contribution in [0.25, 0.3) is 11.3 Å². The van der Waals surface area contributed by atoms with Crippen LogP contribution in [0, 0.1) is 18.3 Å². The number of aromatic amines is 1. The molecule has 1 aliphatic carbocycles.